The molecule has 0 unspecified atom stereocenters. The maximum atomic E-state index is 13.1. The van der Waals surface area contributed by atoms with Gasteiger partial charge in [-0.25, -0.2) is 17.9 Å². The third-order valence-corrected chi connectivity index (χ3v) is 4.85. The van der Waals surface area contributed by atoms with Crippen molar-refractivity contribution < 1.29 is 26.0 Å². The van der Waals surface area contributed by atoms with Crippen LogP contribution in [0.1, 0.15) is 18.0 Å². The summed E-state index contributed by atoms with van der Waals surface area (Å²) in [5.74, 6) is -0.507. The van der Waals surface area contributed by atoms with E-state index in [9.17, 15) is 26.0 Å². The molecule has 26 heavy (non-hydrogen) atoms. The predicted octanol–water partition coefficient (Wildman–Crippen LogP) is 3.34. The van der Waals surface area contributed by atoms with Crippen LogP contribution in [0.5, 0.6) is 0 Å². The average molecular weight is 387 g/mol. The van der Waals surface area contributed by atoms with Crippen molar-refractivity contribution in [2.45, 2.75) is 23.5 Å². The highest BCUT2D eigenvalue weighted by Crippen LogP contribution is 2.39. The summed E-state index contributed by atoms with van der Waals surface area (Å²) in [5, 5.41) is 9.81. The van der Waals surface area contributed by atoms with Crippen molar-refractivity contribution in [1.29, 1.82) is 0 Å². The van der Waals surface area contributed by atoms with E-state index in [0.717, 1.165) is 17.1 Å². The number of hydrazone groups is 1. The minimum Gasteiger partial charge on any atom is -0.257 e. The molecule has 2 aromatic rings. The molecule has 0 bridgehead atoms. The molecular formula is C16H13F4N3O2S. The number of benzene rings is 2. The summed E-state index contributed by atoms with van der Waals surface area (Å²) >= 11 is 0. The van der Waals surface area contributed by atoms with Crippen LogP contribution in [0.25, 0.3) is 0 Å². The fourth-order valence-electron chi connectivity index (χ4n) is 2.65. The fraction of sp³-hybridized carbons (Fsp3) is 0.188. The molecule has 2 aromatic carbocycles. The van der Waals surface area contributed by atoms with E-state index in [1.54, 1.807) is 0 Å². The summed E-state index contributed by atoms with van der Waals surface area (Å²) in [6, 6.07) is 9.31. The van der Waals surface area contributed by atoms with E-state index < -0.39 is 40.2 Å². The van der Waals surface area contributed by atoms with Crippen molar-refractivity contribution in [1.82, 2.24) is 0 Å². The van der Waals surface area contributed by atoms with Crippen molar-refractivity contribution >= 4 is 21.4 Å². The standard InChI is InChI=1S/C16H13F4N3O2S/c17-11-3-1-10(2-4-11)14-9-15(16(18,19)20)22-23(14)12-5-7-13(8-6-12)26(21,24)25/h1-8,14H,9H2,(H2,21,24,25)/t14-/m0/s1. The fourth-order valence-corrected chi connectivity index (χ4v) is 3.17. The van der Waals surface area contributed by atoms with Gasteiger partial charge in [0.2, 0.25) is 10.0 Å². The molecule has 0 saturated carbocycles. The first-order valence-corrected chi connectivity index (χ1v) is 8.92. The van der Waals surface area contributed by atoms with Gasteiger partial charge in [0, 0.05) is 6.42 Å². The highest BCUT2D eigenvalue weighted by molar-refractivity contribution is 7.89. The molecule has 10 heteroatoms. The minimum absolute atomic E-state index is 0.168. The van der Waals surface area contributed by atoms with Gasteiger partial charge in [0.15, 0.2) is 0 Å². The van der Waals surface area contributed by atoms with E-state index >= 15 is 0 Å². The van der Waals surface area contributed by atoms with Crippen molar-refractivity contribution in [3.8, 4) is 0 Å². The largest absolute Gasteiger partial charge is 0.431 e. The third kappa shape index (κ3) is 3.70. The molecule has 0 fully saturated rings. The molecule has 1 aliphatic rings. The van der Waals surface area contributed by atoms with Crippen LogP contribution in [-0.2, 0) is 10.0 Å². The van der Waals surface area contributed by atoms with Crippen molar-refractivity contribution in [3.05, 3.63) is 59.9 Å². The van der Waals surface area contributed by atoms with E-state index in [2.05, 4.69) is 5.10 Å². The number of hydrogen-bond acceptors (Lipinski definition) is 4. The molecular weight excluding hydrogens is 374 g/mol. The van der Waals surface area contributed by atoms with E-state index in [0.29, 0.717) is 5.56 Å². The molecule has 0 spiro atoms. The Balaban J connectivity index is 2.01. The Bertz CT molecular complexity index is 939. The summed E-state index contributed by atoms with van der Waals surface area (Å²) in [4.78, 5) is -0.168. The summed E-state index contributed by atoms with van der Waals surface area (Å²) in [6.07, 6.45) is -5.01. The smallest absolute Gasteiger partial charge is 0.257 e. The lowest BCUT2D eigenvalue weighted by atomic mass is 10.0. The molecule has 1 heterocycles. The molecule has 1 atom stereocenters. The number of alkyl halides is 3. The topological polar surface area (TPSA) is 75.8 Å². The maximum absolute atomic E-state index is 13.1. The molecule has 0 aromatic heterocycles. The zero-order chi connectivity index (χ0) is 19.1. The lowest BCUT2D eigenvalue weighted by molar-refractivity contribution is -0.0600. The number of nitrogens with zero attached hydrogens (tertiary/aromatic N) is 2. The number of primary sulfonamides is 1. The molecule has 0 amide bonds. The van der Waals surface area contributed by atoms with Gasteiger partial charge >= 0.3 is 6.18 Å². The molecule has 0 radical (unpaired) electrons. The SMILES string of the molecule is NS(=O)(=O)c1ccc(N2N=C(C(F)(F)F)C[C@H]2c2ccc(F)cc2)cc1. The molecule has 138 valence electrons. The summed E-state index contributed by atoms with van der Waals surface area (Å²) < 4.78 is 75.1. The summed E-state index contributed by atoms with van der Waals surface area (Å²) in [7, 11) is -3.92. The van der Waals surface area contributed by atoms with Crippen LogP contribution in [0.15, 0.2) is 58.5 Å². The Morgan fingerprint density at radius 1 is 1.04 bits per heavy atom. The van der Waals surface area contributed by atoms with Gasteiger partial charge in [0.1, 0.15) is 11.5 Å². The number of hydrogen-bond donors (Lipinski definition) is 1. The van der Waals surface area contributed by atoms with Crippen molar-refractivity contribution in [2.24, 2.45) is 10.2 Å². The van der Waals surface area contributed by atoms with Crippen LogP contribution in [-0.4, -0.2) is 20.3 Å². The van der Waals surface area contributed by atoms with Crippen molar-refractivity contribution in [2.75, 3.05) is 5.01 Å². The average Bonchev–Trinajstić information content (AvgIpc) is 3.00. The van der Waals surface area contributed by atoms with Gasteiger partial charge in [-0.2, -0.15) is 18.3 Å². The highest BCUT2D eigenvalue weighted by atomic mass is 32.2. The maximum Gasteiger partial charge on any atom is 0.431 e. The lowest BCUT2D eigenvalue weighted by Gasteiger charge is -2.24. The first kappa shape index (κ1) is 18.3. The minimum atomic E-state index is -4.60. The number of nitrogens with two attached hydrogens (primary N) is 1. The van der Waals surface area contributed by atoms with E-state index in [1.807, 2.05) is 0 Å². The second-order valence-corrected chi connectivity index (χ2v) is 7.26. The zero-order valence-corrected chi connectivity index (χ0v) is 13.9. The number of anilines is 1. The Hall–Kier alpha value is -2.46. The molecule has 0 aliphatic carbocycles. The Morgan fingerprint density at radius 2 is 1.62 bits per heavy atom. The summed E-state index contributed by atoms with van der Waals surface area (Å²) in [6.45, 7) is 0. The lowest BCUT2D eigenvalue weighted by Crippen LogP contribution is -2.21. The van der Waals surface area contributed by atoms with Gasteiger partial charge in [-0.05, 0) is 42.0 Å². The first-order valence-electron chi connectivity index (χ1n) is 7.38. The van der Waals surface area contributed by atoms with E-state index in [4.69, 9.17) is 5.14 Å². The second-order valence-electron chi connectivity index (χ2n) is 5.70. The monoisotopic (exact) mass is 387 g/mol. The van der Waals surface area contributed by atoms with E-state index in [-0.39, 0.29) is 10.6 Å². The van der Waals surface area contributed by atoms with Crippen LogP contribution in [0.2, 0.25) is 0 Å². The van der Waals surface area contributed by atoms with Gasteiger partial charge in [0.05, 0.1) is 16.6 Å². The first-order chi connectivity index (χ1) is 12.1. The molecule has 3 rings (SSSR count). The predicted molar refractivity (Wildman–Crippen MR) is 87.5 cm³/mol. The Morgan fingerprint density at radius 3 is 2.12 bits per heavy atom. The van der Waals surface area contributed by atoms with E-state index in [1.165, 1.54) is 36.4 Å². The number of sulfonamides is 1. The normalized spacial score (nSPS) is 18.1. The van der Waals surface area contributed by atoms with Crippen molar-refractivity contribution in [3.63, 3.8) is 0 Å². The van der Waals surface area contributed by atoms with Crippen LogP contribution in [0.4, 0.5) is 23.2 Å². The van der Waals surface area contributed by atoms with Gasteiger partial charge in [-0.15, -0.1) is 0 Å². The molecule has 5 nitrogen and oxygen atoms in total. The number of rotatable bonds is 3. The van der Waals surface area contributed by atoms with Gasteiger partial charge in [-0.1, -0.05) is 12.1 Å². The molecule has 1 aliphatic heterocycles. The molecule has 2 N–H and O–H groups in total. The number of halogens is 4. The van der Waals surface area contributed by atoms with Gasteiger partial charge in [0.25, 0.3) is 0 Å². The zero-order valence-electron chi connectivity index (χ0n) is 13.1. The van der Waals surface area contributed by atoms with Crippen LogP contribution in [0.3, 0.4) is 0 Å². The Labute approximate surface area is 146 Å². The third-order valence-electron chi connectivity index (χ3n) is 3.92. The van der Waals surface area contributed by atoms with Crippen LogP contribution in [0, 0.1) is 5.82 Å². The van der Waals surface area contributed by atoms with Gasteiger partial charge in [-0.3, -0.25) is 5.01 Å². The highest BCUT2D eigenvalue weighted by Gasteiger charge is 2.43. The Kier molecular flexibility index (Phi) is 4.49. The van der Waals surface area contributed by atoms with Crippen LogP contribution < -0.4 is 10.1 Å². The quantitative estimate of drug-likeness (QED) is 0.821. The van der Waals surface area contributed by atoms with Crippen LogP contribution >= 0.6 is 0 Å². The summed E-state index contributed by atoms with van der Waals surface area (Å²) in [5.41, 5.74) is -0.266. The van der Waals surface area contributed by atoms with Gasteiger partial charge < -0.3 is 0 Å². The molecule has 0 saturated heterocycles. The second kappa shape index (κ2) is 6.36.